The Kier molecular flexibility index (Phi) is 6.64. The fraction of sp³-hybridized carbons (Fsp3) is 0.308. The summed E-state index contributed by atoms with van der Waals surface area (Å²) in [6.07, 6.45) is -1.01. The molecule has 2 aromatic heterocycles. The molecule has 0 unspecified atom stereocenters. The van der Waals surface area contributed by atoms with E-state index in [1.165, 1.54) is 23.5 Å². The van der Waals surface area contributed by atoms with Crippen molar-refractivity contribution in [2.45, 2.75) is 51.9 Å². The smallest absolute Gasteiger partial charge is 0.416 e. The van der Waals surface area contributed by atoms with Crippen molar-refractivity contribution in [1.29, 1.82) is 0 Å². The number of ether oxygens (including phenoxy) is 1. The number of aryl methyl sites for hydroxylation is 1. The number of rotatable bonds is 8. The third-order valence-corrected chi connectivity index (χ3v) is 7.00. The highest BCUT2D eigenvalue weighted by Gasteiger charge is 2.31. The van der Waals surface area contributed by atoms with Crippen molar-refractivity contribution < 1.29 is 27.8 Å². The van der Waals surface area contributed by atoms with Crippen molar-refractivity contribution in [3.63, 3.8) is 0 Å². The van der Waals surface area contributed by atoms with Crippen molar-refractivity contribution >= 4 is 28.2 Å². The topological polar surface area (TPSA) is 64.4 Å². The lowest BCUT2D eigenvalue weighted by molar-refractivity contribution is -0.145. The summed E-state index contributed by atoms with van der Waals surface area (Å²) in [7, 11) is 0. The molecule has 1 N–H and O–H groups in total. The summed E-state index contributed by atoms with van der Waals surface area (Å²) in [5, 5.41) is 11.1. The fourth-order valence-electron chi connectivity index (χ4n) is 3.80. The molecule has 0 amide bonds. The number of thiazole rings is 1. The zero-order valence-corrected chi connectivity index (χ0v) is 20.3. The molecule has 0 radical (unpaired) electrons. The van der Waals surface area contributed by atoms with E-state index in [2.05, 4.69) is 4.98 Å². The van der Waals surface area contributed by atoms with Gasteiger partial charge in [0, 0.05) is 22.7 Å². The van der Waals surface area contributed by atoms with Crippen LogP contribution in [0.15, 0.2) is 54.7 Å². The Labute approximate surface area is 204 Å². The van der Waals surface area contributed by atoms with Crippen LogP contribution in [0.4, 0.5) is 13.2 Å². The lowest BCUT2D eigenvalue weighted by Crippen LogP contribution is -2.34. The number of hydrogen-bond acceptors (Lipinski definition) is 4. The van der Waals surface area contributed by atoms with Crippen LogP contribution in [-0.2, 0) is 29.5 Å². The molecule has 2 aromatic carbocycles. The number of alkyl halides is 3. The van der Waals surface area contributed by atoms with E-state index in [1.54, 1.807) is 30.7 Å². The maximum atomic E-state index is 12.9. The van der Waals surface area contributed by atoms with Crippen LogP contribution in [0.25, 0.3) is 21.5 Å². The van der Waals surface area contributed by atoms with E-state index in [1.807, 2.05) is 25.1 Å². The Balaban J connectivity index is 1.55. The highest BCUT2D eigenvalue weighted by Crippen LogP contribution is 2.34. The molecule has 9 heteroatoms. The Bertz CT molecular complexity index is 1350. The van der Waals surface area contributed by atoms with E-state index >= 15 is 0 Å². The highest BCUT2D eigenvalue weighted by molar-refractivity contribution is 7.15. The van der Waals surface area contributed by atoms with Gasteiger partial charge in [0.15, 0.2) is 0 Å². The molecule has 0 bridgehead atoms. The van der Waals surface area contributed by atoms with Crippen molar-refractivity contribution in [2.24, 2.45) is 0 Å². The Morgan fingerprint density at radius 1 is 1.11 bits per heavy atom. The van der Waals surface area contributed by atoms with Gasteiger partial charge >= 0.3 is 12.1 Å². The van der Waals surface area contributed by atoms with E-state index < -0.39 is 23.2 Å². The molecule has 0 aliphatic heterocycles. The van der Waals surface area contributed by atoms with Crippen LogP contribution >= 0.6 is 11.3 Å². The van der Waals surface area contributed by atoms with Crippen LogP contribution in [0.5, 0.6) is 5.75 Å². The number of nitrogens with zero attached hydrogens (tertiary/aromatic N) is 2. The number of fused-ring (bicyclic) bond motifs is 1. The van der Waals surface area contributed by atoms with Gasteiger partial charge < -0.3 is 14.4 Å². The first kappa shape index (κ1) is 24.8. The number of aromatic nitrogens is 2. The van der Waals surface area contributed by atoms with Crippen LogP contribution < -0.4 is 4.74 Å². The number of carboxylic acids is 1. The molecule has 0 fully saturated rings. The SMILES string of the molecule is CCCc1nc(-c2ccc(C(F)(F)F)cc2)sc1COc1ccc2c(ccn2C(C)(C)C(=O)O)c1. The third-order valence-electron chi connectivity index (χ3n) is 5.88. The standard InChI is InChI=1S/C26H25F3N2O3S/c1-4-5-20-22(35-23(30-20)16-6-8-18(9-7-16)26(27,28)29)15-34-19-10-11-21-17(14-19)12-13-31(21)25(2,3)24(32)33/h6-14H,4-5,15H2,1-3H3,(H,32,33). The van der Waals surface area contributed by atoms with Gasteiger partial charge in [-0.1, -0.05) is 25.5 Å². The number of hydrogen-bond donors (Lipinski definition) is 1. The van der Waals surface area contributed by atoms with Crippen molar-refractivity contribution in [3.8, 4) is 16.3 Å². The predicted octanol–water partition coefficient (Wildman–Crippen LogP) is 7.13. The molecule has 0 aliphatic carbocycles. The summed E-state index contributed by atoms with van der Waals surface area (Å²) in [6.45, 7) is 5.61. The molecule has 0 saturated heterocycles. The van der Waals surface area contributed by atoms with E-state index in [-0.39, 0.29) is 6.61 Å². The molecule has 184 valence electrons. The van der Waals surface area contributed by atoms with Crippen LogP contribution in [0, 0.1) is 0 Å². The normalized spacial score (nSPS) is 12.3. The second-order valence-corrected chi connectivity index (χ2v) is 9.86. The summed E-state index contributed by atoms with van der Waals surface area (Å²) >= 11 is 1.41. The average Bonchev–Trinajstić information content (AvgIpc) is 3.41. The molecule has 2 heterocycles. The molecular formula is C26H25F3N2O3S. The zero-order valence-electron chi connectivity index (χ0n) is 19.5. The molecule has 0 spiro atoms. The molecule has 4 rings (SSSR count). The second kappa shape index (κ2) is 9.37. The minimum Gasteiger partial charge on any atom is -0.488 e. The molecule has 0 atom stereocenters. The van der Waals surface area contributed by atoms with E-state index in [4.69, 9.17) is 4.74 Å². The number of aliphatic carboxylic acids is 1. The van der Waals surface area contributed by atoms with E-state index in [0.717, 1.165) is 46.4 Å². The number of halogens is 3. The van der Waals surface area contributed by atoms with E-state index in [9.17, 15) is 23.1 Å². The van der Waals surface area contributed by atoms with Gasteiger partial charge in [-0.05, 0) is 56.7 Å². The Morgan fingerprint density at radius 2 is 1.83 bits per heavy atom. The summed E-state index contributed by atoms with van der Waals surface area (Å²) in [5.41, 5.74) is 0.527. The first-order valence-electron chi connectivity index (χ1n) is 11.1. The number of carboxylic acid groups (broad SMARTS) is 1. The van der Waals surface area contributed by atoms with Gasteiger partial charge in [0.05, 0.1) is 16.1 Å². The number of benzene rings is 2. The summed E-state index contributed by atoms with van der Waals surface area (Å²) in [6, 6.07) is 12.4. The van der Waals surface area contributed by atoms with Gasteiger partial charge in [-0.2, -0.15) is 13.2 Å². The van der Waals surface area contributed by atoms with Gasteiger partial charge in [0.2, 0.25) is 0 Å². The number of carbonyl (C=O) groups is 1. The Morgan fingerprint density at radius 3 is 2.46 bits per heavy atom. The quantitative estimate of drug-likeness (QED) is 0.278. The predicted molar refractivity (Wildman–Crippen MR) is 130 cm³/mol. The van der Waals surface area contributed by atoms with Crippen LogP contribution in [0.1, 0.15) is 43.3 Å². The summed E-state index contributed by atoms with van der Waals surface area (Å²) in [4.78, 5) is 17.2. The minimum absolute atomic E-state index is 0.278. The van der Waals surface area contributed by atoms with Gasteiger partial charge in [-0.25, -0.2) is 9.78 Å². The molecule has 4 aromatic rings. The summed E-state index contributed by atoms with van der Waals surface area (Å²) in [5.74, 6) is -0.289. The maximum absolute atomic E-state index is 12.9. The summed E-state index contributed by atoms with van der Waals surface area (Å²) < 4.78 is 46.4. The van der Waals surface area contributed by atoms with Crippen molar-refractivity contribution in [3.05, 3.63) is 70.9 Å². The third kappa shape index (κ3) is 5.05. The molecule has 0 saturated carbocycles. The monoisotopic (exact) mass is 502 g/mol. The molecular weight excluding hydrogens is 477 g/mol. The zero-order chi connectivity index (χ0) is 25.4. The molecule has 5 nitrogen and oxygen atoms in total. The maximum Gasteiger partial charge on any atom is 0.416 e. The average molecular weight is 503 g/mol. The molecule has 0 aliphatic rings. The van der Waals surface area contributed by atoms with Gasteiger partial charge in [0.1, 0.15) is 22.9 Å². The van der Waals surface area contributed by atoms with Crippen LogP contribution in [0.2, 0.25) is 0 Å². The van der Waals surface area contributed by atoms with Gasteiger partial charge in [0.25, 0.3) is 0 Å². The Hall–Kier alpha value is -3.33. The highest BCUT2D eigenvalue weighted by atomic mass is 32.1. The minimum atomic E-state index is -4.38. The first-order valence-corrected chi connectivity index (χ1v) is 12.0. The van der Waals surface area contributed by atoms with E-state index in [0.29, 0.717) is 16.3 Å². The van der Waals surface area contributed by atoms with Crippen molar-refractivity contribution in [2.75, 3.05) is 0 Å². The van der Waals surface area contributed by atoms with Crippen molar-refractivity contribution in [1.82, 2.24) is 9.55 Å². The lowest BCUT2D eigenvalue weighted by atomic mass is 10.1. The van der Waals surface area contributed by atoms with Gasteiger partial charge in [-0.15, -0.1) is 11.3 Å². The second-order valence-electron chi connectivity index (χ2n) is 8.77. The largest absolute Gasteiger partial charge is 0.488 e. The van der Waals surface area contributed by atoms with Gasteiger partial charge in [-0.3, -0.25) is 0 Å². The fourth-order valence-corrected chi connectivity index (χ4v) is 4.83. The first-order chi connectivity index (χ1) is 16.5. The van der Waals surface area contributed by atoms with Crippen LogP contribution in [-0.4, -0.2) is 20.6 Å². The lowest BCUT2D eigenvalue weighted by Gasteiger charge is -2.23. The van der Waals surface area contributed by atoms with Crippen LogP contribution in [0.3, 0.4) is 0 Å². The molecule has 35 heavy (non-hydrogen) atoms.